The van der Waals surface area contributed by atoms with Gasteiger partial charge in [-0.3, -0.25) is 0 Å². The molecule has 0 amide bonds. The molecule has 0 aliphatic carbocycles. The molecule has 0 heterocycles. The summed E-state index contributed by atoms with van der Waals surface area (Å²) in [7, 11) is 1.95. The average molecular weight is 272 g/mol. The molecule has 0 aliphatic heterocycles. The minimum Gasteiger partial charge on any atom is -0.493 e. The van der Waals surface area contributed by atoms with E-state index in [1.54, 1.807) is 0 Å². The smallest absolute Gasteiger partial charge is 0.125 e. The minimum atomic E-state index is 0.768. The zero-order valence-corrected chi connectivity index (χ0v) is 11.1. The molecule has 0 unspecified atom stereocenters. The lowest BCUT2D eigenvalue weighted by molar-refractivity contribution is 0.306. The highest BCUT2D eigenvalue weighted by Crippen LogP contribution is 2.27. The first-order chi connectivity index (χ1) is 7.15. The van der Waals surface area contributed by atoms with Crippen molar-refractivity contribution in [2.24, 2.45) is 0 Å². The van der Waals surface area contributed by atoms with E-state index in [1.165, 1.54) is 11.1 Å². The Kier molecular flexibility index (Phi) is 5.12. The summed E-state index contributed by atoms with van der Waals surface area (Å²) >= 11 is 3.47. The molecule has 3 heteroatoms. The van der Waals surface area contributed by atoms with E-state index in [-0.39, 0.29) is 0 Å². The second-order valence-electron chi connectivity index (χ2n) is 3.67. The van der Waals surface area contributed by atoms with E-state index in [0.29, 0.717) is 0 Å². The molecule has 0 spiro atoms. The molecule has 0 aromatic heterocycles. The van der Waals surface area contributed by atoms with Crippen LogP contribution in [0.4, 0.5) is 0 Å². The van der Waals surface area contributed by atoms with Crippen LogP contribution in [0.2, 0.25) is 0 Å². The Labute approximate surface area is 100 Å². The monoisotopic (exact) mass is 271 g/mol. The first kappa shape index (κ1) is 12.5. The zero-order chi connectivity index (χ0) is 11.3. The summed E-state index contributed by atoms with van der Waals surface area (Å²) in [6, 6.07) is 4.17. The molecule has 1 N–H and O–H groups in total. The highest BCUT2D eigenvalue weighted by molar-refractivity contribution is 9.10. The molecule has 2 nitrogen and oxygen atoms in total. The lowest BCUT2D eigenvalue weighted by Gasteiger charge is -2.12. The normalized spacial score (nSPS) is 10.4. The van der Waals surface area contributed by atoms with Gasteiger partial charge in [-0.05, 0) is 57.1 Å². The number of halogens is 1. The van der Waals surface area contributed by atoms with E-state index < -0.39 is 0 Å². The van der Waals surface area contributed by atoms with Gasteiger partial charge in [0, 0.05) is 4.47 Å². The van der Waals surface area contributed by atoms with Crippen LogP contribution in [0.3, 0.4) is 0 Å². The fourth-order valence-electron chi connectivity index (χ4n) is 1.55. The van der Waals surface area contributed by atoms with Crippen molar-refractivity contribution >= 4 is 15.9 Å². The molecule has 0 saturated carbocycles. The molecule has 0 atom stereocenters. The van der Waals surface area contributed by atoms with Crippen LogP contribution in [0.5, 0.6) is 5.75 Å². The van der Waals surface area contributed by atoms with Crippen LogP contribution in [-0.4, -0.2) is 20.2 Å². The van der Waals surface area contributed by atoms with Crippen LogP contribution < -0.4 is 10.1 Å². The van der Waals surface area contributed by atoms with E-state index in [2.05, 4.69) is 47.2 Å². The van der Waals surface area contributed by atoms with Gasteiger partial charge in [0.2, 0.25) is 0 Å². The summed E-state index contributed by atoms with van der Waals surface area (Å²) < 4.78 is 6.87. The third kappa shape index (κ3) is 3.84. The molecule has 0 saturated heterocycles. The van der Waals surface area contributed by atoms with Crippen LogP contribution in [0.1, 0.15) is 17.5 Å². The number of hydrogen-bond donors (Lipinski definition) is 1. The Bertz CT molecular complexity index is 302. The van der Waals surface area contributed by atoms with E-state index in [0.717, 1.165) is 29.8 Å². The fourth-order valence-corrected chi connectivity index (χ4v) is 2.24. The van der Waals surface area contributed by atoms with Gasteiger partial charge < -0.3 is 10.1 Å². The fraction of sp³-hybridized carbons (Fsp3) is 0.500. The van der Waals surface area contributed by atoms with Gasteiger partial charge >= 0.3 is 0 Å². The molecular formula is C12H18BrNO. The van der Waals surface area contributed by atoms with Crippen molar-refractivity contribution in [3.8, 4) is 5.75 Å². The summed E-state index contributed by atoms with van der Waals surface area (Å²) in [6.07, 6.45) is 1.03. The number of benzene rings is 1. The number of nitrogens with one attached hydrogen (secondary N) is 1. The van der Waals surface area contributed by atoms with Gasteiger partial charge in [-0.15, -0.1) is 0 Å². The molecule has 15 heavy (non-hydrogen) atoms. The third-order valence-corrected chi connectivity index (χ3v) is 2.70. The van der Waals surface area contributed by atoms with Gasteiger partial charge in [0.15, 0.2) is 0 Å². The number of ether oxygens (including phenoxy) is 1. The quantitative estimate of drug-likeness (QED) is 0.832. The molecular weight excluding hydrogens is 254 g/mol. The lowest BCUT2D eigenvalue weighted by atomic mass is 10.1. The van der Waals surface area contributed by atoms with Gasteiger partial charge in [0.1, 0.15) is 5.75 Å². The maximum absolute atomic E-state index is 5.76. The van der Waals surface area contributed by atoms with Gasteiger partial charge in [0.05, 0.1) is 6.61 Å². The maximum atomic E-state index is 5.76. The molecule has 0 aliphatic rings. The lowest BCUT2D eigenvalue weighted by Crippen LogP contribution is -2.12. The van der Waals surface area contributed by atoms with Crippen molar-refractivity contribution in [1.29, 1.82) is 0 Å². The first-order valence-electron chi connectivity index (χ1n) is 5.19. The predicted molar refractivity (Wildman–Crippen MR) is 67.7 cm³/mol. The predicted octanol–water partition coefficient (Wildman–Crippen LogP) is 3.05. The van der Waals surface area contributed by atoms with Crippen molar-refractivity contribution in [2.45, 2.75) is 20.3 Å². The minimum absolute atomic E-state index is 0.768. The van der Waals surface area contributed by atoms with Crippen LogP contribution >= 0.6 is 15.9 Å². The molecule has 0 radical (unpaired) electrons. The van der Waals surface area contributed by atoms with E-state index in [1.807, 2.05) is 7.05 Å². The largest absolute Gasteiger partial charge is 0.493 e. The number of rotatable bonds is 5. The molecule has 0 fully saturated rings. The van der Waals surface area contributed by atoms with Gasteiger partial charge in [-0.2, -0.15) is 0 Å². The molecule has 1 aromatic carbocycles. The van der Waals surface area contributed by atoms with Gasteiger partial charge in [0.25, 0.3) is 0 Å². The van der Waals surface area contributed by atoms with E-state index >= 15 is 0 Å². The maximum Gasteiger partial charge on any atom is 0.125 e. The van der Waals surface area contributed by atoms with Crippen LogP contribution in [0.25, 0.3) is 0 Å². The highest BCUT2D eigenvalue weighted by Gasteiger charge is 2.04. The molecule has 1 rings (SSSR count). The molecule has 0 bridgehead atoms. The van der Waals surface area contributed by atoms with Crippen LogP contribution in [0.15, 0.2) is 16.6 Å². The van der Waals surface area contributed by atoms with E-state index in [9.17, 15) is 0 Å². The SMILES string of the molecule is CNCCCOc1c(C)cc(Br)cc1C. The Morgan fingerprint density at radius 2 is 1.87 bits per heavy atom. The van der Waals surface area contributed by atoms with Crippen molar-refractivity contribution in [3.05, 3.63) is 27.7 Å². The first-order valence-corrected chi connectivity index (χ1v) is 5.98. The summed E-state index contributed by atoms with van der Waals surface area (Å²) in [6.45, 7) is 5.91. The standard InChI is InChI=1S/C12H18BrNO/c1-9-7-11(13)8-10(2)12(9)15-6-4-5-14-3/h7-8,14H,4-6H2,1-3H3. The summed E-state index contributed by atoms with van der Waals surface area (Å²) in [5.74, 6) is 1.02. The van der Waals surface area contributed by atoms with Crippen LogP contribution in [-0.2, 0) is 0 Å². The van der Waals surface area contributed by atoms with Crippen molar-refractivity contribution in [2.75, 3.05) is 20.2 Å². The molecule has 84 valence electrons. The zero-order valence-electron chi connectivity index (χ0n) is 9.56. The van der Waals surface area contributed by atoms with Gasteiger partial charge in [-0.1, -0.05) is 15.9 Å². The van der Waals surface area contributed by atoms with Crippen LogP contribution in [0, 0.1) is 13.8 Å². The Hall–Kier alpha value is -0.540. The van der Waals surface area contributed by atoms with Crippen molar-refractivity contribution in [3.63, 3.8) is 0 Å². The van der Waals surface area contributed by atoms with E-state index in [4.69, 9.17) is 4.74 Å². The number of hydrogen-bond acceptors (Lipinski definition) is 2. The second-order valence-corrected chi connectivity index (χ2v) is 4.59. The Morgan fingerprint density at radius 3 is 2.40 bits per heavy atom. The van der Waals surface area contributed by atoms with Crippen molar-refractivity contribution < 1.29 is 4.74 Å². The number of aryl methyl sites for hydroxylation is 2. The third-order valence-electron chi connectivity index (χ3n) is 2.24. The van der Waals surface area contributed by atoms with Crippen molar-refractivity contribution in [1.82, 2.24) is 5.32 Å². The Balaban J connectivity index is 2.60. The topological polar surface area (TPSA) is 21.3 Å². The van der Waals surface area contributed by atoms with Gasteiger partial charge in [-0.25, -0.2) is 0 Å². The molecule has 1 aromatic rings. The average Bonchev–Trinajstić information content (AvgIpc) is 2.15. The highest BCUT2D eigenvalue weighted by atomic mass is 79.9. The Morgan fingerprint density at radius 1 is 1.27 bits per heavy atom. The summed E-state index contributed by atoms with van der Waals surface area (Å²) in [5, 5.41) is 3.10. The summed E-state index contributed by atoms with van der Waals surface area (Å²) in [4.78, 5) is 0. The second kappa shape index (κ2) is 6.13. The summed E-state index contributed by atoms with van der Waals surface area (Å²) in [5.41, 5.74) is 2.37.